The van der Waals surface area contributed by atoms with Crippen molar-refractivity contribution in [2.24, 2.45) is 11.0 Å². The predicted molar refractivity (Wildman–Crippen MR) is 139 cm³/mol. The van der Waals surface area contributed by atoms with Crippen molar-refractivity contribution < 1.29 is 48.5 Å². The van der Waals surface area contributed by atoms with E-state index < -0.39 is 66.5 Å². The highest BCUT2D eigenvalue weighted by Crippen LogP contribution is 2.08. The lowest BCUT2D eigenvalue weighted by atomic mass is 10.0. The number of carbonyl (C=O) groups excluding carboxylic acids is 4. The van der Waals surface area contributed by atoms with Crippen molar-refractivity contribution >= 4 is 35.6 Å². The number of amides is 4. The van der Waals surface area contributed by atoms with Crippen molar-refractivity contribution in [3.63, 3.8) is 0 Å². The van der Waals surface area contributed by atoms with E-state index in [9.17, 15) is 33.9 Å². The highest BCUT2D eigenvalue weighted by atomic mass is 16.5. The molecule has 0 aliphatic carbocycles. The SMILES string of the molecule is CC(=O)N[C@@H](CCC(=O)O)C(=O)N[C@@H](CC(C)C)C(=O)N[C@@H](CC(=O)O)C(=O)NCCOCCOCCN=[N+]=[N-]. The van der Waals surface area contributed by atoms with Gasteiger partial charge in [-0.15, -0.1) is 0 Å². The van der Waals surface area contributed by atoms with E-state index in [0.717, 1.165) is 6.92 Å². The Balaban J connectivity index is 5.11. The van der Waals surface area contributed by atoms with Crippen LogP contribution < -0.4 is 21.3 Å². The van der Waals surface area contributed by atoms with Gasteiger partial charge in [0.15, 0.2) is 0 Å². The van der Waals surface area contributed by atoms with Gasteiger partial charge in [0.25, 0.3) is 0 Å². The summed E-state index contributed by atoms with van der Waals surface area (Å²) in [6.07, 6.45) is -1.24. The molecule has 0 radical (unpaired) electrons. The van der Waals surface area contributed by atoms with Gasteiger partial charge in [-0.05, 0) is 24.3 Å². The number of carboxylic acid groups (broad SMARTS) is 2. The van der Waals surface area contributed by atoms with Gasteiger partial charge in [-0.25, -0.2) is 0 Å². The zero-order valence-corrected chi connectivity index (χ0v) is 22.9. The van der Waals surface area contributed by atoms with Crippen molar-refractivity contribution in [1.82, 2.24) is 21.3 Å². The molecule has 0 aromatic heterocycles. The number of nitrogens with zero attached hydrogens (tertiary/aromatic N) is 3. The third-order valence-corrected chi connectivity index (χ3v) is 5.01. The average molecular weight is 574 g/mol. The second-order valence-electron chi connectivity index (χ2n) is 9.01. The molecule has 0 spiro atoms. The first-order valence-electron chi connectivity index (χ1n) is 12.6. The molecule has 17 heteroatoms. The van der Waals surface area contributed by atoms with E-state index in [1.807, 2.05) is 0 Å². The van der Waals surface area contributed by atoms with Gasteiger partial charge in [-0.2, -0.15) is 0 Å². The summed E-state index contributed by atoms with van der Waals surface area (Å²) >= 11 is 0. The molecule has 17 nitrogen and oxygen atoms in total. The van der Waals surface area contributed by atoms with Gasteiger partial charge in [-0.3, -0.25) is 28.8 Å². The van der Waals surface area contributed by atoms with Crippen LogP contribution in [0.1, 0.15) is 46.5 Å². The number of aliphatic carboxylic acids is 2. The first kappa shape index (κ1) is 36.0. The Bertz CT molecular complexity index is 908. The number of nitrogens with one attached hydrogen (secondary N) is 4. The summed E-state index contributed by atoms with van der Waals surface area (Å²) in [5.41, 5.74) is 8.16. The summed E-state index contributed by atoms with van der Waals surface area (Å²) in [4.78, 5) is 74.7. The molecule has 6 N–H and O–H groups in total. The molecule has 0 saturated heterocycles. The largest absolute Gasteiger partial charge is 0.481 e. The molecule has 4 amide bonds. The Hall–Kier alpha value is -3.95. The number of hydrogen-bond donors (Lipinski definition) is 6. The molecule has 0 rings (SSSR count). The third kappa shape index (κ3) is 18.3. The van der Waals surface area contributed by atoms with E-state index in [2.05, 4.69) is 31.3 Å². The summed E-state index contributed by atoms with van der Waals surface area (Å²) in [5, 5.41) is 31.1. The van der Waals surface area contributed by atoms with Crippen LogP contribution in [0.15, 0.2) is 5.11 Å². The minimum atomic E-state index is -1.46. The second-order valence-corrected chi connectivity index (χ2v) is 9.01. The predicted octanol–water partition coefficient (Wildman–Crippen LogP) is -0.694. The number of carboxylic acids is 2. The van der Waals surface area contributed by atoms with E-state index in [-0.39, 0.29) is 58.3 Å². The lowest BCUT2D eigenvalue weighted by molar-refractivity contribution is -0.141. The second kappa shape index (κ2) is 20.9. The summed E-state index contributed by atoms with van der Waals surface area (Å²) in [6.45, 7) is 5.63. The Labute approximate surface area is 231 Å². The van der Waals surface area contributed by atoms with Crippen LogP contribution in [0.25, 0.3) is 10.4 Å². The molecular formula is C23H39N7O10. The van der Waals surface area contributed by atoms with Gasteiger partial charge in [0.2, 0.25) is 23.6 Å². The van der Waals surface area contributed by atoms with Crippen LogP contribution in [0, 0.1) is 5.92 Å². The number of rotatable bonds is 22. The van der Waals surface area contributed by atoms with E-state index in [1.165, 1.54) is 0 Å². The lowest BCUT2D eigenvalue weighted by Gasteiger charge is -2.25. The van der Waals surface area contributed by atoms with Crippen molar-refractivity contribution in [3.05, 3.63) is 10.4 Å². The minimum Gasteiger partial charge on any atom is -0.481 e. The molecule has 0 aliphatic heterocycles. The Morgan fingerprint density at radius 1 is 0.825 bits per heavy atom. The van der Waals surface area contributed by atoms with Crippen LogP contribution in [-0.2, 0) is 38.2 Å². The normalized spacial score (nSPS) is 12.8. The van der Waals surface area contributed by atoms with Gasteiger partial charge in [0.1, 0.15) is 18.1 Å². The molecule has 0 aliphatic rings. The lowest BCUT2D eigenvalue weighted by Crippen LogP contribution is -2.57. The third-order valence-electron chi connectivity index (χ3n) is 5.01. The van der Waals surface area contributed by atoms with Crippen molar-refractivity contribution in [2.75, 3.05) is 39.5 Å². The Morgan fingerprint density at radius 2 is 1.43 bits per heavy atom. The minimum absolute atomic E-state index is 0.0116. The first-order valence-corrected chi connectivity index (χ1v) is 12.6. The molecule has 0 saturated carbocycles. The van der Waals surface area contributed by atoms with E-state index in [0.29, 0.717) is 0 Å². The maximum atomic E-state index is 13.0. The summed E-state index contributed by atoms with van der Waals surface area (Å²) in [7, 11) is 0. The van der Waals surface area contributed by atoms with Crippen molar-refractivity contribution in [2.45, 2.75) is 64.6 Å². The fourth-order valence-electron chi connectivity index (χ4n) is 3.26. The number of hydrogen-bond acceptors (Lipinski definition) is 9. The van der Waals surface area contributed by atoms with Crippen molar-refractivity contribution in [1.29, 1.82) is 0 Å². The molecule has 40 heavy (non-hydrogen) atoms. The van der Waals surface area contributed by atoms with E-state index >= 15 is 0 Å². The molecular weight excluding hydrogens is 534 g/mol. The van der Waals surface area contributed by atoms with Crippen LogP contribution in [0.3, 0.4) is 0 Å². The number of carbonyl (C=O) groups is 6. The number of azide groups is 1. The molecule has 0 heterocycles. The topological polar surface area (TPSA) is 258 Å². The zero-order valence-electron chi connectivity index (χ0n) is 22.9. The van der Waals surface area contributed by atoms with Crippen molar-refractivity contribution in [3.8, 4) is 0 Å². The van der Waals surface area contributed by atoms with E-state index in [4.69, 9.17) is 20.1 Å². The van der Waals surface area contributed by atoms with Gasteiger partial charge in [0, 0.05) is 31.3 Å². The molecule has 0 bridgehead atoms. The first-order chi connectivity index (χ1) is 18.9. The smallest absolute Gasteiger partial charge is 0.305 e. The molecule has 0 fully saturated rings. The van der Waals surface area contributed by atoms with Gasteiger partial charge in [-0.1, -0.05) is 19.0 Å². The highest BCUT2D eigenvalue weighted by molar-refractivity contribution is 5.95. The van der Waals surface area contributed by atoms with Gasteiger partial charge >= 0.3 is 11.9 Å². The van der Waals surface area contributed by atoms with Crippen LogP contribution >= 0.6 is 0 Å². The van der Waals surface area contributed by atoms with Crippen LogP contribution in [0.2, 0.25) is 0 Å². The Morgan fingerprint density at radius 3 is 1.98 bits per heavy atom. The quantitative estimate of drug-likeness (QED) is 0.0411. The maximum absolute atomic E-state index is 13.0. The standard InChI is InChI=1S/C23H39N7O10/c1-14(2)12-17(28-22(37)16(27-15(3)31)4-5-19(32)33)23(38)29-18(13-20(34)35)21(36)25-6-8-39-10-11-40-9-7-26-30-24/h14,16-18H,4-13H2,1-3H3,(H,25,36)(H,27,31)(H,28,37)(H,29,38)(H,32,33)(H,34,35)/t16-,17-,18-/m0/s1. The van der Waals surface area contributed by atoms with E-state index in [1.54, 1.807) is 13.8 Å². The fourth-order valence-corrected chi connectivity index (χ4v) is 3.26. The average Bonchev–Trinajstić information content (AvgIpc) is 2.85. The highest BCUT2D eigenvalue weighted by Gasteiger charge is 2.31. The zero-order chi connectivity index (χ0) is 30.5. The maximum Gasteiger partial charge on any atom is 0.305 e. The Kier molecular flexibility index (Phi) is 18.9. The summed E-state index contributed by atoms with van der Waals surface area (Å²) in [6, 6.07) is -3.87. The molecule has 0 unspecified atom stereocenters. The van der Waals surface area contributed by atoms with Gasteiger partial charge in [0.05, 0.1) is 32.8 Å². The van der Waals surface area contributed by atoms with Gasteiger partial charge < -0.3 is 41.0 Å². The fraction of sp³-hybridized carbons (Fsp3) is 0.739. The summed E-state index contributed by atoms with van der Waals surface area (Å²) < 4.78 is 10.4. The van der Waals surface area contributed by atoms with Crippen LogP contribution in [0.5, 0.6) is 0 Å². The van der Waals surface area contributed by atoms with Crippen LogP contribution in [0.4, 0.5) is 0 Å². The molecule has 226 valence electrons. The molecule has 0 aromatic carbocycles. The number of ether oxygens (including phenoxy) is 2. The monoisotopic (exact) mass is 573 g/mol. The molecule has 0 aromatic rings. The summed E-state index contributed by atoms with van der Waals surface area (Å²) in [5.74, 6) is -5.61. The van der Waals surface area contributed by atoms with Crippen LogP contribution in [-0.4, -0.2) is 103 Å². The molecule has 3 atom stereocenters.